The van der Waals surface area contributed by atoms with Crippen molar-refractivity contribution in [1.29, 1.82) is 0 Å². The molecule has 0 unspecified atom stereocenters. The first-order valence-corrected chi connectivity index (χ1v) is 9.88. The van der Waals surface area contributed by atoms with Gasteiger partial charge in [0.2, 0.25) is 5.82 Å². The van der Waals surface area contributed by atoms with Gasteiger partial charge in [0.1, 0.15) is 0 Å². The molecule has 0 spiro atoms. The van der Waals surface area contributed by atoms with Gasteiger partial charge in [0.25, 0.3) is 5.91 Å². The number of tetrazole rings is 1. The van der Waals surface area contributed by atoms with Crippen LogP contribution in [-0.2, 0) is 6.54 Å². The molecule has 29 heavy (non-hydrogen) atoms. The molecule has 4 aromatic rings. The first kappa shape index (κ1) is 18.7. The van der Waals surface area contributed by atoms with Gasteiger partial charge in [-0.3, -0.25) is 4.79 Å². The predicted molar refractivity (Wildman–Crippen MR) is 113 cm³/mol. The number of thiophene rings is 1. The molecule has 0 bridgehead atoms. The van der Waals surface area contributed by atoms with Gasteiger partial charge >= 0.3 is 0 Å². The second kappa shape index (κ2) is 8.57. The molecule has 0 aliphatic carbocycles. The summed E-state index contributed by atoms with van der Waals surface area (Å²) in [6, 6.07) is 20.9. The van der Waals surface area contributed by atoms with Crippen molar-refractivity contribution < 1.29 is 4.79 Å². The monoisotopic (exact) mass is 402 g/mol. The van der Waals surface area contributed by atoms with Gasteiger partial charge in [-0.2, -0.15) is 9.90 Å². The van der Waals surface area contributed by atoms with E-state index in [4.69, 9.17) is 0 Å². The molecule has 2 aromatic heterocycles. The number of hydrogen-bond acceptors (Lipinski definition) is 6. The van der Waals surface area contributed by atoms with Crippen LogP contribution < -0.4 is 5.43 Å². The average molecular weight is 402 g/mol. The van der Waals surface area contributed by atoms with Gasteiger partial charge in [0.05, 0.1) is 12.3 Å². The Labute approximate surface area is 171 Å². The molecule has 2 aromatic carbocycles. The van der Waals surface area contributed by atoms with E-state index in [1.165, 1.54) is 4.80 Å². The summed E-state index contributed by atoms with van der Waals surface area (Å²) < 4.78 is 0. The number of aromatic nitrogens is 4. The lowest BCUT2D eigenvalue weighted by Crippen LogP contribution is -2.19. The summed E-state index contributed by atoms with van der Waals surface area (Å²) in [4.78, 5) is 14.9. The van der Waals surface area contributed by atoms with Crippen LogP contribution >= 0.6 is 11.3 Å². The maximum atomic E-state index is 12.3. The summed E-state index contributed by atoms with van der Waals surface area (Å²) >= 11 is 1.58. The zero-order valence-corrected chi connectivity index (χ0v) is 16.5. The van der Waals surface area contributed by atoms with Gasteiger partial charge < -0.3 is 0 Å². The summed E-state index contributed by atoms with van der Waals surface area (Å²) in [5.74, 6) is 0.332. The molecule has 4 rings (SSSR count). The van der Waals surface area contributed by atoms with Crippen LogP contribution in [0, 0.1) is 0 Å². The van der Waals surface area contributed by atoms with Gasteiger partial charge in [-0.05, 0) is 41.3 Å². The Morgan fingerprint density at radius 3 is 2.59 bits per heavy atom. The highest BCUT2D eigenvalue weighted by molar-refractivity contribution is 7.12. The Balaban J connectivity index is 1.38. The SMILES string of the molecule is C/C(=N/NC(=O)c1ccc(Cn2nnc(-c3ccccc3)n2)cc1)c1cccs1. The quantitative estimate of drug-likeness (QED) is 0.394. The number of rotatable bonds is 6. The van der Waals surface area contributed by atoms with Gasteiger partial charge in [-0.1, -0.05) is 48.5 Å². The number of nitrogens with zero attached hydrogens (tertiary/aromatic N) is 5. The highest BCUT2D eigenvalue weighted by atomic mass is 32.1. The maximum absolute atomic E-state index is 12.3. The standard InChI is InChI=1S/C21H18N6OS/c1-15(19-8-5-13-29-19)22-24-21(28)18-11-9-16(10-12-18)14-27-25-20(23-26-27)17-6-3-2-4-7-17/h2-13H,14H2,1H3,(H,24,28)/b22-15-. The molecule has 0 aliphatic heterocycles. The molecule has 0 atom stereocenters. The predicted octanol–water partition coefficient (Wildman–Crippen LogP) is 3.60. The van der Waals surface area contributed by atoms with E-state index in [1.54, 1.807) is 23.5 Å². The Bertz CT molecular complexity index is 1120. The van der Waals surface area contributed by atoms with Crippen molar-refractivity contribution in [2.24, 2.45) is 5.10 Å². The maximum Gasteiger partial charge on any atom is 0.271 e. The normalized spacial score (nSPS) is 11.4. The third kappa shape index (κ3) is 4.61. The van der Waals surface area contributed by atoms with Gasteiger partial charge in [-0.15, -0.1) is 21.5 Å². The number of benzene rings is 2. The first-order valence-electron chi connectivity index (χ1n) is 9.00. The minimum Gasteiger partial charge on any atom is -0.267 e. The second-order valence-electron chi connectivity index (χ2n) is 6.32. The molecule has 1 amide bonds. The van der Waals surface area contributed by atoms with E-state index < -0.39 is 0 Å². The van der Waals surface area contributed by atoms with Crippen LogP contribution in [0.25, 0.3) is 11.4 Å². The molecule has 0 saturated heterocycles. The van der Waals surface area contributed by atoms with Crippen LogP contribution in [-0.4, -0.2) is 31.8 Å². The summed E-state index contributed by atoms with van der Waals surface area (Å²) in [6.07, 6.45) is 0. The van der Waals surface area contributed by atoms with Crippen LogP contribution in [0.15, 0.2) is 77.2 Å². The average Bonchev–Trinajstić information content (AvgIpc) is 3.45. The molecular weight excluding hydrogens is 384 g/mol. The Hall–Kier alpha value is -3.65. The van der Waals surface area contributed by atoms with Crippen molar-refractivity contribution in [3.8, 4) is 11.4 Å². The fourth-order valence-electron chi connectivity index (χ4n) is 2.68. The van der Waals surface area contributed by atoms with Crippen molar-refractivity contribution in [2.45, 2.75) is 13.5 Å². The number of amides is 1. The van der Waals surface area contributed by atoms with E-state index >= 15 is 0 Å². The summed E-state index contributed by atoms with van der Waals surface area (Å²) in [7, 11) is 0. The molecule has 144 valence electrons. The highest BCUT2D eigenvalue weighted by Crippen LogP contribution is 2.13. The van der Waals surface area contributed by atoms with Gasteiger partial charge in [0, 0.05) is 16.0 Å². The molecular formula is C21H18N6OS. The molecule has 1 N–H and O–H groups in total. The fraction of sp³-hybridized carbons (Fsp3) is 0.0952. The van der Waals surface area contributed by atoms with Crippen molar-refractivity contribution in [2.75, 3.05) is 0 Å². The van der Waals surface area contributed by atoms with Crippen LogP contribution in [0.1, 0.15) is 27.7 Å². The Morgan fingerprint density at radius 2 is 1.86 bits per heavy atom. The number of carbonyl (C=O) groups excluding carboxylic acids is 1. The minimum absolute atomic E-state index is 0.252. The van der Waals surface area contributed by atoms with Crippen LogP contribution in [0.4, 0.5) is 0 Å². The van der Waals surface area contributed by atoms with E-state index in [0.29, 0.717) is 17.9 Å². The van der Waals surface area contributed by atoms with Crippen molar-refractivity contribution in [3.63, 3.8) is 0 Å². The summed E-state index contributed by atoms with van der Waals surface area (Å²) in [5.41, 5.74) is 5.79. The number of hydrazone groups is 1. The number of hydrogen-bond donors (Lipinski definition) is 1. The molecule has 7 nitrogen and oxygen atoms in total. The van der Waals surface area contributed by atoms with Crippen LogP contribution in [0.5, 0.6) is 0 Å². The van der Waals surface area contributed by atoms with Crippen molar-refractivity contribution in [1.82, 2.24) is 25.6 Å². The zero-order chi connectivity index (χ0) is 20.1. The first-order chi connectivity index (χ1) is 14.2. The summed E-state index contributed by atoms with van der Waals surface area (Å²) in [5, 5.41) is 18.7. The number of carbonyl (C=O) groups is 1. The number of nitrogens with one attached hydrogen (secondary N) is 1. The third-order valence-electron chi connectivity index (χ3n) is 4.23. The fourth-order valence-corrected chi connectivity index (χ4v) is 3.35. The topological polar surface area (TPSA) is 85.1 Å². The molecule has 0 aliphatic rings. The lowest BCUT2D eigenvalue weighted by molar-refractivity contribution is 0.0955. The highest BCUT2D eigenvalue weighted by Gasteiger charge is 2.08. The van der Waals surface area contributed by atoms with Gasteiger partial charge in [0.15, 0.2) is 0 Å². The van der Waals surface area contributed by atoms with E-state index in [-0.39, 0.29) is 5.91 Å². The summed E-state index contributed by atoms with van der Waals surface area (Å²) in [6.45, 7) is 2.33. The Kier molecular flexibility index (Phi) is 5.53. The largest absolute Gasteiger partial charge is 0.271 e. The molecule has 0 saturated carbocycles. The van der Waals surface area contributed by atoms with Gasteiger partial charge in [-0.25, -0.2) is 5.43 Å². The van der Waals surface area contributed by atoms with E-state index in [0.717, 1.165) is 21.7 Å². The second-order valence-corrected chi connectivity index (χ2v) is 7.27. The molecule has 2 heterocycles. The lowest BCUT2D eigenvalue weighted by atomic mass is 10.1. The minimum atomic E-state index is -0.252. The van der Waals surface area contributed by atoms with E-state index in [1.807, 2.05) is 66.9 Å². The molecule has 0 fully saturated rings. The molecule has 0 radical (unpaired) electrons. The molecule has 8 heteroatoms. The van der Waals surface area contributed by atoms with Crippen molar-refractivity contribution in [3.05, 3.63) is 88.1 Å². The Morgan fingerprint density at radius 1 is 1.07 bits per heavy atom. The van der Waals surface area contributed by atoms with Crippen LogP contribution in [0.2, 0.25) is 0 Å². The zero-order valence-electron chi connectivity index (χ0n) is 15.7. The lowest BCUT2D eigenvalue weighted by Gasteiger charge is -2.04. The van der Waals surface area contributed by atoms with E-state index in [9.17, 15) is 4.79 Å². The van der Waals surface area contributed by atoms with Crippen molar-refractivity contribution >= 4 is 23.0 Å². The van der Waals surface area contributed by atoms with E-state index in [2.05, 4.69) is 25.9 Å². The third-order valence-corrected chi connectivity index (χ3v) is 5.21. The smallest absolute Gasteiger partial charge is 0.267 e. The van der Waals surface area contributed by atoms with Crippen LogP contribution in [0.3, 0.4) is 0 Å².